The van der Waals surface area contributed by atoms with Crippen molar-refractivity contribution in [1.29, 1.82) is 0 Å². The maximum Gasteiger partial charge on any atom is 0.389 e. The van der Waals surface area contributed by atoms with Gasteiger partial charge in [0.15, 0.2) is 5.16 Å². The lowest BCUT2D eigenvalue weighted by Gasteiger charge is -2.07. The Morgan fingerprint density at radius 3 is 2.91 bits per heavy atom. The van der Waals surface area contributed by atoms with Gasteiger partial charge in [0, 0.05) is 36.8 Å². The van der Waals surface area contributed by atoms with Crippen LogP contribution in [0.3, 0.4) is 0 Å². The fourth-order valence-electron chi connectivity index (χ4n) is 2.11. The highest BCUT2D eigenvalue weighted by atomic mass is 32.2. The SMILES string of the molecule is FC(F)(F)CCc1ccnc(NCc2cn3c(n2)SCC3)n1. The van der Waals surface area contributed by atoms with Crippen LogP contribution in [0.5, 0.6) is 0 Å². The molecule has 0 bridgehead atoms. The summed E-state index contributed by atoms with van der Waals surface area (Å²) in [4.78, 5) is 12.6. The Kier molecular flexibility index (Phi) is 4.23. The second kappa shape index (κ2) is 6.15. The first kappa shape index (κ1) is 15.1. The Bertz CT molecular complexity index is 634. The minimum atomic E-state index is -4.17. The molecule has 0 atom stereocenters. The fraction of sp³-hybridized carbons (Fsp3) is 0.462. The van der Waals surface area contributed by atoms with Crippen LogP contribution >= 0.6 is 11.8 Å². The first-order chi connectivity index (χ1) is 10.5. The first-order valence-electron chi connectivity index (χ1n) is 6.81. The van der Waals surface area contributed by atoms with Gasteiger partial charge in [-0.1, -0.05) is 11.8 Å². The predicted octanol–water partition coefficient (Wildman–Crippen LogP) is 2.89. The van der Waals surface area contributed by atoms with Crippen LogP contribution in [0, 0.1) is 0 Å². The highest BCUT2D eigenvalue weighted by Gasteiger charge is 2.26. The van der Waals surface area contributed by atoms with E-state index in [2.05, 4.69) is 24.8 Å². The van der Waals surface area contributed by atoms with E-state index in [-0.39, 0.29) is 6.42 Å². The van der Waals surface area contributed by atoms with E-state index in [1.54, 1.807) is 11.8 Å². The van der Waals surface area contributed by atoms with E-state index in [4.69, 9.17) is 0 Å². The molecule has 0 spiro atoms. The summed E-state index contributed by atoms with van der Waals surface area (Å²) in [6.45, 7) is 1.40. The monoisotopic (exact) mass is 329 g/mol. The van der Waals surface area contributed by atoms with Crippen LogP contribution in [-0.2, 0) is 19.5 Å². The van der Waals surface area contributed by atoms with Crippen molar-refractivity contribution in [2.75, 3.05) is 11.1 Å². The van der Waals surface area contributed by atoms with Crippen LogP contribution < -0.4 is 5.32 Å². The number of hydrogen-bond acceptors (Lipinski definition) is 5. The molecule has 1 N–H and O–H groups in total. The van der Waals surface area contributed by atoms with E-state index in [1.165, 1.54) is 12.3 Å². The summed E-state index contributed by atoms with van der Waals surface area (Å²) in [5.74, 6) is 1.36. The van der Waals surface area contributed by atoms with Gasteiger partial charge in [-0.25, -0.2) is 15.0 Å². The number of rotatable bonds is 5. The number of imidazole rings is 1. The average Bonchev–Trinajstić information content (AvgIpc) is 3.04. The van der Waals surface area contributed by atoms with E-state index < -0.39 is 12.6 Å². The van der Waals surface area contributed by atoms with Gasteiger partial charge in [-0.3, -0.25) is 0 Å². The van der Waals surface area contributed by atoms with Crippen molar-refractivity contribution in [1.82, 2.24) is 19.5 Å². The third-order valence-electron chi connectivity index (χ3n) is 3.16. The van der Waals surface area contributed by atoms with Gasteiger partial charge in [0.2, 0.25) is 5.95 Å². The molecule has 2 aromatic rings. The average molecular weight is 329 g/mol. The van der Waals surface area contributed by atoms with Gasteiger partial charge < -0.3 is 9.88 Å². The Morgan fingerprint density at radius 1 is 1.27 bits per heavy atom. The number of nitrogens with zero attached hydrogens (tertiary/aromatic N) is 4. The third kappa shape index (κ3) is 3.90. The Balaban J connectivity index is 1.58. The Hall–Kier alpha value is -1.77. The van der Waals surface area contributed by atoms with E-state index in [0.29, 0.717) is 18.2 Å². The summed E-state index contributed by atoms with van der Waals surface area (Å²) in [7, 11) is 0. The van der Waals surface area contributed by atoms with Gasteiger partial charge in [0.25, 0.3) is 0 Å². The minimum Gasteiger partial charge on any atom is -0.349 e. The van der Waals surface area contributed by atoms with Crippen molar-refractivity contribution in [3.8, 4) is 0 Å². The number of halogens is 3. The predicted molar refractivity (Wildman–Crippen MR) is 76.7 cm³/mol. The molecule has 22 heavy (non-hydrogen) atoms. The Morgan fingerprint density at radius 2 is 2.14 bits per heavy atom. The second-order valence-electron chi connectivity index (χ2n) is 4.90. The Labute approximate surface area is 129 Å². The van der Waals surface area contributed by atoms with Gasteiger partial charge in [-0.05, 0) is 12.5 Å². The number of aromatic nitrogens is 4. The van der Waals surface area contributed by atoms with Gasteiger partial charge in [0.05, 0.1) is 12.2 Å². The summed E-state index contributed by atoms with van der Waals surface area (Å²) < 4.78 is 38.7. The van der Waals surface area contributed by atoms with Crippen molar-refractivity contribution in [3.05, 3.63) is 29.8 Å². The highest BCUT2D eigenvalue weighted by molar-refractivity contribution is 7.99. The van der Waals surface area contributed by atoms with E-state index in [0.717, 1.165) is 23.1 Å². The summed E-state index contributed by atoms with van der Waals surface area (Å²) in [6.07, 6.45) is -1.77. The van der Waals surface area contributed by atoms with E-state index in [1.807, 2.05) is 6.20 Å². The minimum absolute atomic E-state index is 0.143. The van der Waals surface area contributed by atoms with Gasteiger partial charge in [-0.15, -0.1) is 0 Å². The smallest absolute Gasteiger partial charge is 0.349 e. The zero-order chi connectivity index (χ0) is 15.6. The molecule has 0 fully saturated rings. The van der Waals surface area contributed by atoms with Crippen LogP contribution in [0.4, 0.5) is 19.1 Å². The van der Waals surface area contributed by atoms with Crippen LogP contribution in [0.25, 0.3) is 0 Å². The lowest BCUT2D eigenvalue weighted by Crippen LogP contribution is -2.10. The fourth-order valence-corrected chi connectivity index (χ4v) is 3.07. The molecule has 0 aliphatic carbocycles. The van der Waals surface area contributed by atoms with Crippen LogP contribution in [0.1, 0.15) is 17.8 Å². The molecule has 0 unspecified atom stereocenters. The number of alkyl halides is 3. The lowest BCUT2D eigenvalue weighted by atomic mass is 10.2. The third-order valence-corrected chi connectivity index (χ3v) is 4.13. The number of aryl methyl sites for hydroxylation is 2. The summed E-state index contributed by atoms with van der Waals surface area (Å²) in [6, 6.07) is 1.50. The van der Waals surface area contributed by atoms with Gasteiger partial charge >= 0.3 is 6.18 Å². The molecule has 3 rings (SSSR count). The number of fused-ring (bicyclic) bond motifs is 1. The molecule has 0 saturated carbocycles. The molecule has 0 saturated heterocycles. The second-order valence-corrected chi connectivity index (χ2v) is 5.96. The lowest BCUT2D eigenvalue weighted by molar-refractivity contribution is -0.134. The van der Waals surface area contributed by atoms with Crippen molar-refractivity contribution in [3.63, 3.8) is 0 Å². The van der Waals surface area contributed by atoms with Crippen LogP contribution in [-0.4, -0.2) is 31.4 Å². The molecule has 3 heterocycles. The molecule has 0 aromatic carbocycles. The normalized spacial score (nSPS) is 14.1. The number of nitrogens with one attached hydrogen (secondary N) is 1. The molecule has 9 heteroatoms. The molecular formula is C13H14F3N5S. The van der Waals surface area contributed by atoms with Gasteiger partial charge in [-0.2, -0.15) is 13.2 Å². The number of hydrogen-bond donors (Lipinski definition) is 1. The maximum atomic E-state index is 12.2. The molecule has 1 aliphatic heterocycles. The topological polar surface area (TPSA) is 55.6 Å². The number of anilines is 1. The van der Waals surface area contributed by atoms with Crippen LogP contribution in [0.15, 0.2) is 23.6 Å². The largest absolute Gasteiger partial charge is 0.389 e. The zero-order valence-corrected chi connectivity index (χ0v) is 12.4. The molecule has 2 aromatic heterocycles. The highest BCUT2D eigenvalue weighted by Crippen LogP contribution is 2.24. The molecule has 1 aliphatic rings. The zero-order valence-electron chi connectivity index (χ0n) is 11.6. The van der Waals surface area contributed by atoms with Gasteiger partial charge in [0.1, 0.15) is 0 Å². The van der Waals surface area contributed by atoms with Crippen molar-refractivity contribution < 1.29 is 13.2 Å². The van der Waals surface area contributed by atoms with Crippen LogP contribution in [0.2, 0.25) is 0 Å². The molecule has 118 valence electrons. The van der Waals surface area contributed by atoms with Crippen molar-refractivity contribution >= 4 is 17.7 Å². The number of thioether (sulfide) groups is 1. The van der Waals surface area contributed by atoms with E-state index >= 15 is 0 Å². The van der Waals surface area contributed by atoms with E-state index in [9.17, 15) is 13.2 Å². The summed E-state index contributed by atoms with van der Waals surface area (Å²) in [5.41, 5.74) is 1.24. The van der Waals surface area contributed by atoms with Crippen molar-refractivity contribution in [2.24, 2.45) is 0 Å². The first-order valence-corrected chi connectivity index (χ1v) is 7.79. The molecule has 5 nitrogen and oxygen atoms in total. The molecular weight excluding hydrogens is 315 g/mol. The summed E-state index contributed by atoms with van der Waals surface area (Å²) in [5, 5.41) is 4.00. The molecule has 0 amide bonds. The quantitative estimate of drug-likeness (QED) is 0.914. The van der Waals surface area contributed by atoms with Crippen molar-refractivity contribution in [2.45, 2.75) is 37.3 Å². The maximum absolute atomic E-state index is 12.2. The standard InChI is InChI=1S/C13H14F3N5S/c14-13(15,16)3-1-9-2-4-17-11(19-9)18-7-10-8-21-5-6-22-12(21)20-10/h2,4,8H,1,3,5-7H2,(H,17,18,19). The summed E-state index contributed by atoms with van der Waals surface area (Å²) >= 11 is 1.71. The molecule has 0 radical (unpaired) electrons.